The summed E-state index contributed by atoms with van der Waals surface area (Å²) in [6.07, 6.45) is -0.737. The molecule has 148 valence electrons. The molecule has 0 aliphatic carbocycles. The number of aromatic nitrogens is 1. The molecule has 2 saturated heterocycles. The van der Waals surface area contributed by atoms with Crippen molar-refractivity contribution < 1.29 is 31.8 Å². The Kier molecular flexibility index (Phi) is 4.70. The molecule has 3 heterocycles. The molecule has 0 radical (unpaired) electrons. The third-order valence-electron chi connectivity index (χ3n) is 5.11. The molecule has 2 aromatic rings. The molecule has 1 aromatic heterocycles. The van der Waals surface area contributed by atoms with Gasteiger partial charge in [-0.3, -0.25) is 9.78 Å². The largest absolute Gasteiger partial charge is 0.573 e. The van der Waals surface area contributed by atoms with E-state index >= 15 is 0 Å². The molecule has 4 unspecified atom stereocenters. The monoisotopic (exact) mass is 396 g/mol. The highest BCUT2D eigenvalue weighted by atomic mass is 19.4. The van der Waals surface area contributed by atoms with Gasteiger partial charge in [0.25, 0.3) is 0 Å². The maximum absolute atomic E-state index is 14.4. The van der Waals surface area contributed by atoms with E-state index in [4.69, 9.17) is 4.74 Å². The molecule has 2 bridgehead atoms. The third kappa shape index (κ3) is 3.54. The molecule has 2 aliphatic rings. The van der Waals surface area contributed by atoms with E-state index in [0.717, 1.165) is 18.1 Å². The van der Waals surface area contributed by atoms with Gasteiger partial charge in [-0.1, -0.05) is 6.07 Å². The van der Waals surface area contributed by atoms with Gasteiger partial charge in [0, 0.05) is 18.3 Å². The first-order valence-corrected chi connectivity index (χ1v) is 8.74. The van der Waals surface area contributed by atoms with Crippen LogP contribution in [0.25, 0.3) is 0 Å². The summed E-state index contributed by atoms with van der Waals surface area (Å²) in [6.45, 7) is 0. The second-order valence-corrected chi connectivity index (χ2v) is 6.78. The zero-order valence-electron chi connectivity index (χ0n) is 14.4. The Morgan fingerprint density at radius 2 is 1.86 bits per heavy atom. The lowest BCUT2D eigenvalue weighted by Crippen LogP contribution is -2.36. The van der Waals surface area contributed by atoms with Gasteiger partial charge in [0.15, 0.2) is 11.6 Å². The van der Waals surface area contributed by atoms with Crippen LogP contribution in [0.2, 0.25) is 0 Å². The molecule has 2 fully saturated rings. The molecule has 5 nitrogen and oxygen atoms in total. The maximum Gasteiger partial charge on any atom is 0.573 e. The Bertz CT molecular complexity index is 875. The quantitative estimate of drug-likeness (QED) is 0.794. The SMILES string of the molecule is O=C(Nc1cccc(OC(F)(F)F)c1F)C1C2CCC(O2)C1c1ccncc1. The standard InChI is InChI=1S/C19H16F4N2O3/c20-17-11(2-1-3-14(17)28-19(21,22)23)25-18(26)16-13-5-4-12(27-13)15(16)10-6-8-24-9-7-10/h1-3,6-9,12-13,15-16H,4-5H2,(H,25,26). The van der Waals surface area contributed by atoms with Crippen molar-refractivity contribution >= 4 is 11.6 Å². The first kappa shape index (κ1) is 18.7. The van der Waals surface area contributed by atoms with E-state index in [-0.39, 0.29) is 23.8 Å². The molecule has 1 N–H and O–H groups in total. The van der Waals surface area contributed by atoms with Crippen molar-refractivity contribution in [1.82, 2.24) is 4.98 Å². The van der Waals surface area contributed by atoms with Crippen LogP contribution in [-0.4, -0.2) is 29.5 Å². The van der Waals surface area contributed by atoms with Gasteiger partial charge < -0.3 is 14.8 Å². The van der Waals surface area contributed by atoms with E-state index in [1.807, 2.05) is 0 Å². The second-order valence-electron chi connectivity index (χ2n) is 6.78. The topological polar surface area (TPSA) is 60.5 Å². The molecule has 0 spiro atoms. The Hall–Kier alpha value is -2.68. The number of fused-ring (bicyclic) bond motifs is 2. The maximum atomic E-state index is 14.4. The van der Waals surface area contributed by atoms with Crippen LogP contribution in [0.4, 0.5) is 23.2 Å². The van der Waals surface area contributed by atoms with Crippen LogP contribution < -0.4 is 10.1 Å². The number of rotatable bonds is 4. The van der Waals surface area contributed by atoms with Gasteiger partial charge in [0.05, 0.1) is 23.8 Å². The van der Waals surface area contributed by atoms with Crippen molar-refractivity contribution in [3.63, 3.8) is 0 Å². The Labute approximate surface area is 157 Å². The van der Waals surface area contributed by atoms with E-state index in [1.54, 1.807) is 24.5 Å². The molecule has 28 heavy (non-hydrogen) atoms. The lowest BCUT2D eigenvalue weighted by molar-refractivity contribution is -0.275. The van der Waals surface area contributed by atoms with Gasteiger partial charge in [-0.2, -0.15) is 0 Å². The van der Waals surface area contributed by atoms with Gasteiger partial charge in [-0.25, -0.2) is 4.39 Å². The first-order chi connectivity index (χ1) is 13.3. The van der Waals surface area contributed by atoms with Crippen LogP contribution in [0.5, 0.6) is 5.75 Å². The highest BCUT2D eigenvalue weighted by Crippen LogP contribution is 2.49. The van der Waals surface area contributed by atoms with Crippen LogP contribution >= 0.6 is 0 Å². The van der Waals surface area contributed by atoms with Gasteiger partial charge in [0.1, 0.15) is 0 Å². The molecule has 1 amide bonds. The van der Waals surface area contributed by atoms with E-state index in [9.17, 15) is 22.4 Å². The minimum atomic E-state index is -5.03. The first-order valence-electron chi connectivity index (χ1n) is 8.74. The van der Waals surface area contributed by atoms with Crippen LogP contribution in [-0.2, 0) is 9.53 Å². The fourth-order valence-electron chi connectivity index (χ4n) is 4.05. The summed E-state index contributed by atoms with van der Waals surface area (Å²) in [6, 6.07) is 6.81. The van der Waals surface area contributed by atoms with E-state index < -0.39 is 29.8 Å². The summed E-state index contributed by atoms with van der Waals surface area (Å²) in [5.74, 6) is -3.58. The van der Waals surface area contributed by atoms with Crippen molar-refractivity contribution in [2.24, 2.45) is 5.92 Å². The number of alkyl halides is 3. The molecule has 4 atom stereocenters. The Morgan fingerprint density at radius 3 is 2.57 bits per heavy atom. The lowest BCUT2D eigenvalue weighted by Gasteiger charge is -2.27. The van der Waals surface area contributed by atoms with Gasteiger partial charge >= 0.3 is 6.36 Å². The minimum absolute atomic E-state index is 0.132. The summed E-state index contributed by atoms with van der Waals surface area (Å²) in [5.41, 5.74) is 0.514. The number of ether oxygens (including phenoxy) is 2. The molecule has 1 aromatic carbocycles. The second kappa shape index (κ2) is 7.05. The van der Waals surface area contributed by atoms with E-state index in [2.05, 4.69) is 15.0 Å². The van der Waals surface area contributed by atoms with Crippen LogP contribution in [0.1, 0.15) is 24.3 Å². The number of nitrogens with one attached hydrogen (secondary N) is 1. The molecule has 0 saturated carbocycles. The number of amides is 1. The van der Waals surface area contributed by atoms with Gasteiger partial charge in [0.2, 0.25) is 5.91 Å². The van der Waals surface area contributed by atoms with Crippen LogP contribution in [0.15, 0.2) is 42.7 Å². The summed E-state index contributed by atoms with van der Waals surface area (Å²) in [7, 11) is 0. The average Bonchev–Trinajstić information content (AvgIpc) is 3.26. The summed E-state index contributed by atoms with van der Waals surface area (Å²) in [4.78, 5) is 16.9. The highest BCUT2D eigenvalue weighted by Gasteiger charge is 2.52. The summed E-state index contributed by atoms with van der Waals surface area (Å²) >= 11 is 0. The molecular formula is C19H16F4N2O3. The van der Waals surface area contributed by atoms with Crippen LogP contribution in [0, 0.1) is 11.7 Å². The van der Waals surface area contributed by atoms with Crippen molar-refractivity contribution in [3.8, 4) is 5.75 Å². The smallest absolute Gasteiger partial charge is 0.403 e. The summed E-state index contributed by atoms with van der Waals surface area (Å²) in [5, 5.41) is 2.41. The normalized spacial score (nSPS) is 26.3. The van der Waals surface area contributed by atoms with E-state index in [0.29, 0.717) is 6.42 Å². The highest BCUT2D eigenvalue weighted by molar-refractivity contribution is 5.94. The van der Waals surface area contributed by atoms with Gasteiger partial charge in [-0.05, 0) is 42.7 Å². The molecular weight excluding hydrogens is 380 g/mol. The lowest BCUT2D eigenvalue weighted by atomic mass is 9.75. The molecule has 9 heteroatoms. The fraction of sp³-hybridized carbons (Fsp3) is 0.368. The molecule has 2 aliphatic heterocycles. The number of carbonyl (C=O) groups is 1. The fourth-order valence-corrected chi connectivity index (χ4v) is 4.05. The number of hydrogen-bond donors (Lipinski definition) is 1. The number of nitrogens with zero attached hydrogens (tertiary/aromatic N) is 1. The number of anilines is 1. The number of pyridine rings is 1. The minimum Gasteiger partial charge on any atom is -0.403 e. The number of hydrogen-bond acceptors (Lipinski definition) is 4. The Balaban J connectivity index is 1.57. The van der Waals surface area contributed by atoms with Crippen molar-refractivity contribution in [2.75, 3.05) is 5.32 Å². The number of carbonyl (C=O) groups excluding carboxylic acids is 1. The Morgan fingerprint density at radius 1 is 1.14 bits per heavy atom. The summed E-state index contributed by atoms with van der Waals surface area (Å²) < 4.78 is 61.1. The predicted molar refractivity (Wildman–Crippen MR) is 90.1 cm³/mol. The third-order valence-corrected chi connectivity index (χ3v) is 5.11. The molecule has 4 rings (SSSR count). The van der Waals surface area contributed by atoms with Crippen LogP contribution in [0.3, 0.4) is 0 Å². The van der Waals surface area contributed by atoms with Gasteiger partial charge in [-0.15, -0.1) is 13.2 Å². The average molecular weight is 396 g/mol. The number of benzene rings is 1. The van der Waals surface area contributed by atoms with Crippen molar-refractivity contribution in [1.29, 1.82) is 0 Å². The predicted octanol–water partition coefficient (Wildman–Crippen LogP) is 4.02. The van der Waals surface area contributed by atoms with Crippen molar-refractivity contribution in [2.45, 2.75) is 37.3 Å². The van der Waals surface area contributed by atoms with E-state index in [1.165, 1.54) is 12.1 Å². The zero-order chi connectivity index (χ0) is 19.9. The van der Waals surface area contributed by atoms with Crippen molar-refractivity contribution in [3.05, 3.63) is 54.1 Å². The number of halogens is 4. The zero-order valence-corrected chi connectivity index (χ0v) is 14.4.